The first kappa shape index (κ1) is 7.43. The topological polar surface area (TPSA) is 29.5 Å². The number of terminal acetylenes is 1. The lowest BCUT2D eigenvalue weighted by atomic mass is 10.0. The average Bonchev–Trinajstić information content (AvgIpc) is 2.39. The van der Waals surface area contributed by atoms with Gasteiger partial charge in [-0.2, -0.15) is 0 Å². The molecule has 2 nitrogen and oxygen atoms in total. The predicted octanol–water partition coefficient (Wildman–Crippen LogP) is 0.899. The van der Waals surface area contributed by atoms with E-state index in [-0.39, 0.29) is 6.61 Å². The maximum absolute atomic E-state index is 8.93. The first-order valence-electron chi connectivity index (χ1n) is 3.57. The van der Waals surface area contributed by atoms with Crippen molar-refractivity contribution in [1.82, 2.24) is 0 Å². The highest BCUT2D eigenvalue weighted by Gasteiger charge is 2.34. The Morgan fingerprint density at radius 2 is 2.10 bits per heavy atom. The normalized spacial score (nSPS) is 22.0. The molecule has 0 bridgehead atoms. The summed E-state index contributed by atoms with van der Waals surface area (Å²) in [5.41, 5.74) is -0.394. The quantitative estimate of drug-likeness (QED) is 0.577. The third kappa shape index (κ3) is 1.25. The van der Waals surface area contributed by atoms with Crippen LogP contribution in [0.5, 0.6) is 0 Å². The Kier molecular flexibility index (Phi) is 2.18. The summed E-state index contributed by atoms with van der Waals surface area (Å²) in [4.78, 5) is 0. The van der Waals surface area contributed by atoms with Crippen molar-refractivity contribution in [2.75, 3.05) is 6.61 Å². The van der Waals surface area contributed by atoms with Gasteiger partial charge in [0.2, 0.25) is 0 Å². The van der Waals surface area contributed by atoms with Gasteiger partial charge in [0.25, 0.3) is 0 Å². The molecule has 0 aromatic carbocycles. The SMILES string of the molecule is C#COC1(CO)CCCC1. The molecule has 0 aromatic rings. The maximum Gasteiger partial charge on any atom is 0.144 e. The Morgan fingerprint density at radius 3 is 2.50 bits per heavy atom. The Balaban J connectivity index is 2.51. The molecule has 1 saturated carbocycles. The lowest BCUT2D eigenvalue weighted by Gasteiger charge is -2.23. The van der Waals surface area contributed by atoms with Crippen molar-refractivity contribution in [3.63, 3.8) is 0 Å². The number of rotatable bonds is 2. The third-order valence-corrected chi connectivity index (χ3v) is 2.08. The van der Waals surface area contributed by atoms with Crippen LogP contribution >= 0.6 is 0 Å². The van der Waals surface area contributed by atoms with Crippen LogP contribution < -0.4 is 0 Å². The lowest BCUT2D eigenvalue weighted by Crippen LogP contribution is -2.31. The number of hydrogen-bond donors (Lipinski definition) is 1. The third-order valence-electron chi connectivity index (χ3n) is 2.08. The summed E-state index contributed by atoms with van der Waals surface area (Å²) in [6.45, 7) is 0.0528. The van der Waals surface area contributed by atoms with E-state index in [4.69, 9.17) is 16.3 Å². The number of ether oxygens (including phenoxy) is 1. The van der Waals surface area contributed by atoms with Crippen LogP contribution in [0.4, 0.5) is 0 Å². The van der Waals surface area contributed by atoms with E-state index in [1.54, 1.807) is 0 Å². The van der Waals surface area contributed by atoms with Gasteiger partial charge in [-0.05, 0) is 25.7 Å². The zero-order valence-corrected chi connectivity index (χ0v) is 5.97. The van der Waals surface area contributed by atoms with Crippen molar-refractivity contribution in [2.45, 2.75) is 31.3 Å². The van der Waals surface area contributed by atoms with Gasteiger partial charge in [-0.25, -0.2) is 0 Å². The van der Waals surface area contributed by atoms with E-state index in [0.29, 0.717) is 0 Å². The smallest absolute Gasteiger partial charge is 0.144 e. The fourth-order valence-electron chi connectivity index (χ4n) is 1.44. The van der Waals surface area contributed by atoms with Crippen molar-refractivity contribution in [3.05, 3.63) is 0 Å². The summed E-state index contributed by atoms with van der Waals surface area (Å²) >= 11 is 0. The van der Waals surface area contributed by atoms with Gasteiger partial charge in [-0.15, -0.1) is 0 Å². The van der Waals surface area contributed by atoms with Crippen LogP contribution in [0.25, 0.3) is 0 Å². The van der Waals surface area contributed by atoms with Crippen LogP contribution in [-0.2, 0) is 4.74 Å². The standard InChI is InChI=1S/C8H12O2/c1-2-10-8(7-9)5-3-4-6-8/h1,9H,3-7H2. The largest absolute Gasteiger partial charge is 0.438 e. The van der Waals surface area contributed by atoms with E-state index in [1.807, 2.05) is 0 Å². The molecule has 1 N–H and O–H groups in total. The first-order chi connectivity index (χ1) is 4.83. The molecule has 1 aliphatic rings. The van der Waals surface area contributed by atoms with Gasteiger partial charge in [0.15, 0.2) is 0 Å². The molecule has 10 heavy (non-hydrogen) atoms. The van der Waals surface area contributed by atoms with Gasteiger partial charge in [0.1, 0.15) is 11.7 Å². The van der Waals surface area contributed by atoms with Crippen LogP contribution in [0, 0.1) is 12.5 Å². The minimum atomic E-state index is -0.394. The highest BCUT2D eigenvalue weighted by molar-refractivity contribution is 4.90. The summed E-state index contributed by atoms with van der Waals surface area (Å²) in [6, 6.07) is 0. The molecule has 0 heterocycles. The number of aliphatic hydroxyl groups excluding tert-OH is 1. The molecule has 2 heteroatoms. The van der Waals surface area contributed by atoms with E-state index in [9.17, 15) is 0 Å². The zero-order chi connectivity index (χ0) is 7.45. The Labute approximate surface area is 61.2 Å². The zero-order valence-electron chi connectivity index (χ0n) is 5.97. The highest BCUT2D eigenvalue weighted by atomic mass is 16.5. The molecule has 0 saturated heterocycles. The van der Waals surface area contributed by atoms with E-state index in [2.05, 4.69) is 6.11 Å². The molecule has 0 atom stereocenters. The minimum absolute atomic E-state index is 0.0528. The molecular weight excluding hydrogens is 128 g/mol. The van der Waals surface area contributed by atoms with Gasteiger partial charge in [0.05, 0.1) is 6.61 Å². The molecule has 1 aliphatic carbocycles. The van der Waals surface area contributed by atoms with E-state index < -0.39 is 5.60 Å². The van der Waals surface area contributed by atoms with Crippen LogP contribution in [-0.4, -0.2) is 17.3 Å². The second-order valence-electron chi connectivity index (χ2n) is 2.77. The van der Waals surface area contributed by atoms with Crippen LogP contribution in [0.3, 0.4) is 0 Å². The van der Waals surface area contributed by atoms with Gasteiger partial charge in [-0.1, -0.05) is 6.42 Å². The summed E-state index contributed by atoms with van der Waals surface area (Å²) < 4.78 is 5.02. The highest BCUT2D eigenvalue weighted by Crippen LogP contribution is 2.32. The van der Waals surface area contributed by atoms with Gasteiger partial charge < -0.3 is 9.84 Å². The monoisotopic (exact) mass is 140 g/mol. The first-order valence-corrected chi connectivity index (χ1v) is 3.57. The van der Waals surface area contributed by atoms with Crippen molar-refractivity contribution in [1.29, 1.82) is 0 Å². The van der Waals surface area contributed by atoms with Crippen LogP contribution in [0.1, 0.15) is 25.7 Å². The minimum Gasteiger partial charge on any atom is -0.438 e. The van der Waals surface area contributed by atoms with Crippen LogP contribution in [0.15, 0.2) is 0 Å². The molecule has 56 valence electrons. The average molecular weight is 140 g/mol. The number of aliphatic hydroxyl groups is 1. The fraction of sp³-hybridized carbons (Fsp3) is 0.750. The Bertz CT molecular complexity index is 140. The lowest BCUT2D eigenvalue weighted by molar-refractivity contribution is -0.00832. The summed E-state index contributed by atoms with van der Waals surface area (Å²) in [6.07, 6.45) is 11.1. The molecule has 0 spiro atoms. The maximum atomic E-state index is 8.93. The molecule has 0 radical (unpaired) electrons. The van der Waals surface area contributed by atoms with Gasteiger partial charge >= 0.3 is 0 Å². The molecule has 0 unspecified atom stereocenters. The van der Waals surface area contributed by atoms with Crippen molar-refractivity contribution in [2.24, 2.45) is 0 Å². The van der Waals surface area contributed by atoms with E-state index in [1.165, 1.54) is 0 Å². The van der Waals surface area contributed by atoms with E-state index in [0.717, 1.165) is 25.7 Å². The second kappa shape index (κ2) is 2.94. The molecule has 1 rings (SSSR count). The molecule has 0 amide bonds. The van der Waals surface area contributed by atoms with Gasteiger partial charge in [0, 0.05) is 0 Å². The summed E-state index contributed by atoms with van der Waals surface area (Å²) in [7, 11) is 0. The fourth-order valence-corrected chi connectivity index (χ4v) is 1.44. The van der Waals surface area contributed by atoms with Crippen molar-refractivity contribution >= 4 is 0 Å². The molecular formula is C8H12O2. The Hall–Kier alpha value is -0.680. The molecule has 1 fully saturated rings. The van der Waals surface area contributed by atoms with E-state index >= 15 is 0 Å². The summed E-state index contributed by atoms with van der Waals surface area (Å²) in [5.74, 6) is 0. The predicted molar refractivity (Wildman–Crippen MR) is 38.2 cm³/mol. The van der Waals surface area contributed by atoms with Crippen molar-refractivity contribution < 1.29 is 9.84 Å². The van der Waals surface area contributed by atoms with Crippen molar-refractivity contribution in [3.8, 4) is 12.5 Å². The van der Waals surface area contributed by atoms with Crippen LogP contribution in [0.2, 0.25) is 0 Å². The molecule has 0 aliphatic heterocycles. The summed E-state index contributed by atoms with van der Waals surface area (Å²) in [5, 5.41) is 8.93. The Morgan fingerprint density at radius 1 is 1.50 bits per heavy atom. The molecule has 0 aromatic heterocycles. The second-order valence-corrected chi connectivity index (χ2v) is 2.77. The van der Waals surface area contributed by atoms with Gasteiger partial charge in [-0.3, -0.25) is 0 Å². The number of hydrogen-bond acceptors (Lipinski definition) is 2.